The molecule has 7 nitrogen and oxygen atoms in total. The summed E-state index contributed by atoms with van der Waals surface area (Å²) in [6.45, 7) is 4.34. The lowest BCUT2D eigenvalue weighted by atomic mass is 10.1. The van der Waals surface area contributed by atoms with Crippen LogP contribution in [0, 0.1) is 13.8 Å². The Morgan fingerprint density at radius 3 is 2.52 bits per heavy atom. The Morgan fingerprint density at radius 2 is 1.91 bits per heavy atom. The maximum atomic E-state index is 12.5. The van der Waals surface area contributed by atoms with E-state index in [0.717, 1.165) is 5.69 Å². The summed E-state index contributed by atoms with van der Waals surface area (Å²) in [6.07, 6.45) is 0. The molecule has 2 amide bonds. The molecule has 0 aliphatic heterocycles. The van der Waals surface area contributed by atoms with E-state index in [-0.39, 0.29) is 11.8 Å². The minimum atomic E-state index is -0.285. The monoisotopic (exact) mass is 315 g/mol. The number of carbonyl (C=O) groups excluding carboxylic acids is 2. The first-order valence-electron chi connectivity index (χ1n) is 7.34. The topological polar surface area (TPSA) is 102 Å². The van der Waals surface area contributed by atoms with Crippen molar-refractivity contribution >= 4 is 17.5 Å². The third-order valence-electron chi connectivity index (χ3n) is 3.59. The molecule has 0 aliphatic rings. The second-order valence-corrected chi connectivity index (χ2v) is 5.21. The van der Waals surface area contributed by atoms with E-state index in [1.165, 1.54) is 0 Å². The van der Waals surface area contributed by atoms with Crippen LogP contribution < -0.4 is 16.4 Å². The van der Waals surface area contributed by atoms with E-state index in [1.807, 2.05) is 6.92 Å². The van der Waals surface area contributed by atoms with E-state index >= 15 is 0 Å². The molecule has 4 N–H and O–H groups in total. The van der Waals surface area contributed by atoms with E-state index in [1.54, 1.807) is 42.9 Å². The summed E-state index contributed by atoms with van der Waals surface area (Å²) >= 11 is 0. The Morgan fingerprint density at radius 1 is 1.22 bits per heavy atom. The van der Waals surface area contributed by atoms with Crippen LogP contribution >= 0.6 is 0 Å². The molecule has 0 aliphatic carbocycles. The van der Waals surface area contributed by atoms with Gasteiger partial charge < -0.3 is 16.4 Å². The number of nitrogens with one attached hydrogen (secondary N) is 2. The van der Waals surface area contributed by atoms with Crippen molar-refractivity contribution in [2.75, 3.05) is 18.4 Å². The normalized spacial score (nSPS) is 10.4. The van der Waals surface area contributed by atoms with Gasteiger partial charge in [-0.2, -0.15) is 5.10 Å². The summed E-state index contributed by atoms with van der Waals surface area (Å²) in [6, 6.07) is 6.85. The Bertz CT molecular complexity index is 736. The second kappa shape index (κ2) is 7.06. The zero-order chi connectivity index (χ0) is 17.0. The van der Waals surface area contributed by atoms with Crippen LogP contribution in [0.5, 0.6) is 0 Å². The number of hydrogen-bond donors (Lipinski definition) is 3. The average Bonchev–Trinajstić information content (AvgIpc) is 2.78. The first-order chi connectivity index (χ1) is 11.0. The van der Waals surface area contributed by atoms with Crippen LogP contribution in [0.15, 0.2) is 24.3 Å². The largest absolute Gasteiger partial charge is 0.351 e. The molecular formula is C16H21N5O2. The molecule has 2 rings (SSSR count). The standard InChI is InChI=1S/C16H21N5O2/c1-10-14(11(2)21(3)20-10)16(23)19-13-7-5-4-6-12(13)15(22)18-9-8-17/h4-7H,8-9,17H2,1-3H3,(H,18,22)(H,19,23). The zero-order valence-corrected chi connectivity index (χ0v) is 13.5. The molecule has 0 saturated carbocycles. The minimum absolute atomic E-state index is 0.272. The number of hydrogen-bond acceptors (Lipinski definition) is 4. The predicted octanol–water partition coefficient (Wildman–Crippen LogP) is 0.978. The lowest BCUT2D eigenvalue weighted by Crippen LogP contribution is -2.30. The van der Waals surface area contributed by atoms with Gasteiger partial charge in [-0.25, -0.2) is 0 Å². The highest BCUT2D eigenvalue weighted by Crippen LogP contribution is 2.18. The molecule has 2 aromatic rings. The van der Waals surface area contributed by atoms with Crippen molar-refractivity contribution in [1.29, 1.82) is 0 Å². The quantitative estimate of drug-likeness (QED) is 0.765. The summed E-state index contributed by atoms with van der Waals surface area (Å²) in [4.78, 5) is 24.7. The molecule has 122 valence electrons. The van der Waals surface area contributed by atoms with Gasteiger partial charge in [-0.3, -0.25) is 14.3 Å². The lowest BCUT2D eigenvalue weighted by molar-refractivity contribution is 0.0955. The van der Waals surface area contributed by atoms with E-state index in [0.29, 0.717) is 35.6 Å². The zero-order valence-electron chi connectivity index (χ0n) is 13.5. The summed E-state index contributed by atoms with van der Waals surface area (Å²) in [5.41, 5.74) is 8.17. The Labute approximate surface area is 134 Å². The number of aromatic nitrogens is 2. The number of carbonyl (C=O) groups is 2. The number of aryl methyl sites for hydroxylation is 2. The number of nitrogens with zero attached hydrogens (tertiary/aromatic N) is 2. The second-order valence-electron chi connectivity index (χ2n) is 5.21. The molecule has 0 saturated heterocycles. The van der Waals surface area contributed by atoms with E-state index in [9.17, 15) is 9.59 Å². The van der Waals surface area contributed by atoms with Crippen molar-refractivity contribution in [3.05, 3.63) is 46.8 Å². The van der Waals surface area contributed by atoms with Gasteiger partial charge in [0, 0.05) is 25.8 Å². The number of rotatable bonds is 5. The summed E-state index contributed by atoms with van der Waals surface area (Å²) in [5.74, 6) is -0.557. The van der Waals surface area contributed by atoms with Gasteiger partial charge in [-0.15, -0.1) is 0 Å². The highest BCUT2D eigenvalue weighted by Gasteiger charge is 2.19. The van der Waals surface area contributed by atoms with E-state index < -0.39 is 0 Å². The minimum Gasteiger partial charge on any atom is -0.351 e. The first kappa shape index (κ1) is 16.7. The molecule has 0 bridgehead atoms. The van der Waals surface area contributed by atoms with Gasteiger partial charge in [-0.1, -0.05) is 12.1 Å². The number of anilines is 1. The number of amides is 2. The van der Waals surface area contributed by atoms with Gasteiger partial charge in [0.15, 0.2) is 0 Å². The maximum Gasteiger partial charge on any atom is 0.259 e. The fourth-order valence-electron chi connectivity index (χ4n) is 2.36. The maximum absolute atomic E-state index is 12.5. The van der Waals surface area contributed by atoms with Crippen LogP contribution in [0.4, 0.5) is 5.69 Å². The first-order valence-corrected chi connectivity index (χ1v) is 7.34. The number of para-hydroxylation sites is 1. The van der Waals surface area contributed by atoms with Gasteiger partial charge in [0.25, 0.3) is 11.8 Å². The fraction of sp³-hybridized carbons (Fsp3) is 0.312. The summed E-state index contributed by atoms with van der Waals surface area (Å²) in [5, 5.41) is 9.73. The van der Waals surface area contributed by atoms with Crippen molar-refractivity contribution in [2.45, 2.75) is 13.8 Å². The van der Waals surface area contributed by atoms with Crippen molar-refractivity contribution in [1.82, 2.24) is 15.1 Å². The molecule has 1 aromatic heterocycles. The SMILES string of the molecule is Cc1nn(C)c(C)c1C(=O)Nc1ccccc1C(=O)NCCN. The third kappa shape index (κ3) is 3.57. The van der Waals surface area contributed by atoms with Gasteiger partial charge in [0.05, 0.1) is 22.5 Å². The molecule has 0 atom stereocenters. The van der Waals surface area contributed by atoms with E-state index in [4.69, 9.17) is 5.73 Å². The molecule has 1 aromatic carbocycles. The third-order valence-corrected chi connectivity index (χ3v) is 3.59. The van der Waals surface area contributed by atoms with Crippen molar-refractivity contribution < 1.29 is 9.59 Å². The van der Waals surface area contributed by atoms with E-state index in [2.05, 4.69) is 15.7 Å². The van der Waals surface area contributed by atoms with Gasteiger partial charge in [0.1, 0.15) is 0 Å². The molecule has 23 heavy (non-hydrogen) atoms. The molecule has 0 radical (unpaired) electrons. The Kier molecular flexibility index (Phi) is 5.13. The van der Waals surface area contributed by atoms with Gasteiger partial charge in [-0.05, 0) is 26.0 Å². The number of benzene rings is 1. The van der Waals surface area contributed by atoms with Crippen molar-refractivity contribution in [3.8, 4) is 0 Å². The highest BCUT2D eigenvalue weighted by molar-refractivity contribution is 6.09. The highest BCUT2D eigenvalue weighted by atomic mass is 16.2. The Hall–Kier alpha value is -2.67. The van der Waals surface area contributed by atoms with Crippen LogP contribution in [0.3, 0.4) is 0 Å². The summed E-state index contributed by atoms with van der Waals surface area (Å²) < 4.78 is 1.66. The smallest absolute Gasteiger partial charge is 0.259 e. The average molecular weight is 315 g/mol. The van der Waals surface area contributed by atoms with Crippen LogP contribution in [-0.4, -0.2) is 34.7 Å². The molecule has 1 heterocycles. The van der Waals surface area contributed by atoms with Crippen LogP contribution in [0.25, 0.3) is 0 Å². The molecular weight excluding hydrogens is 294 g/mol. The summed E-state index contributed by atoms with van der Waals surface area (Å²) in [7, 11) is 1.79. The molecule has 0 unspecified atom stereocenters. The van der Waals surface area contributed by atoms with Crippen LogP contribution in [-0.2, 0) is 7.05 Å². The van der Waals surface area contributed by atoms with Crippen LogP contribution in [0.2, 0.25) is 0 Å². The predicted molar refractivity (Wildman–Crippen MR) is 88.5 cm³/mol. The lowest BCUT2D eigenvalue weighted by Gasteiger charge is -2.11. The van der Waals surface area contributed by atoms with Gasteiger partial charge >= 0.3 is 0 Å². The molecule has 0 spiro atoms. The van der Waals surface area contributed by atoms with Crippen molar-refractivity contribution in [2.24, 2.45) is 12.8 Å². The van der Waals surface area contributed by atoms with Crippen molar-refractivity contribution in [3.63, 3.8) is 0 Å². The van der Waals surface area contributed by atoms with Gasteiger partial charge in [0.2, 0.25) is 0 Å². The number of nitrogens with two attached hydrogens (primary N) is 1. The molecule has 7 heteroatoms. The van der Waals surface area contributed by atoms with Crippen LogP contribution in [0.1, 0.15) is 32.1 Å². The Balaban J connectivity index is 2.26. The fourth-order valence-corrected chi connectivity index (χ4v) is 2.36. The molecule has 0 fully saturated rings.